The molecule has 0 aliphatic carbocycles. The first-order chi connectivity index (χ1) is 14.4. The number of ether oxygens (including phenoxy) is 1. The molecule has 8 nitrogen and oxygen atoms in total. The molecule has 0 aliphatic rings. The summed E-state index contributed by atoms with van der Waals surface area (Å²) >= 11 is 1.41. The van der Waals surface area contributed by atoms with E-state index in [1.807, 2.05) is 13.8 Å². The average Bonchev–Trinajstić information content (AvgIpc) is 3.28. The van der Waals surface area contributed by atoms with Crippen LogP contribution in [0.5, 0.6) is 0 Å². The van der Waals surface area contributed by atoms with E-state index in [9.17, 15) is 19.2 Å². The molecule has 2 N–H and O–H groups in total. The Morgan fingerprint density at radius 1 is 1.00 bits per heavy atom. The van der Waals surface area contributed by atoms with Crippen molar-refractivity contribution in [3.8, 4) is 0 Å². The van der Waals surface area contributed by atoms with Gasteiger partial charge in [0.2, 0.25) is 0 Å². The van der Waals surface area contributed by atoms with E-state index in [-0.39, 0.29) is 24.8 Å². The zero-order valence-corrected chi connectivity index (χ0v) is 17.8. The number of anilines is 1. The fourth-order valence-electron chi connectivity index (χ4n) is 2.58. The van der Waals surface area contributed by atoms with Gasteiger partial charge in [-0.15, -0.1) is 0 Å². The maximum Gasteiger partial charge on any atom is 0.308 e. The molecule has 2 rings (SSSR count). The fraction of sp³-hybridized carbons (Fsp3) is 0.333. The maximum absolute atomic E-state index is 12.3. The van der Waals surface area contributed by atoms with Crippen LogP contribution < -0.4 is 10.6 Å². The Bertz CT molecular complexity index is 861. The number of hydrogen-bond acceptors (Lipinski definition) is 6. The highest BCUT2D eigenvalue weighted by Crippen LogP contribution is 2.12. The van der Waals surface area contributed by atoms with E-state index in [1.54, 1.807) is 46.0 Å². The summed E-state index contributed by atoms with van der Waals surface area (Å²) in [4.78, 5) is 49.4. The second-order valence-corrected chi connectivity index (χ2v) is 7.06. The van der Waals surface area contributed by atoms with Crippen molar-refractivity contribution in [2.45, 2.75) is 20.3 Å². The monoisotopic (exact) mass is 431 g/mol. The fourth-order valence-corrected chi connectivity index (χ4v) is 3.21. The smallest absolute Gasteiger partial charge is 0.308 e. The van der Waals surface area contributed by atoms with Crippen molar-refractivity contribution in [2.75, 3.05) is 31.6 Å². The molecule has 160 valence electrons. The molecule has 0 atom stereocenters. The summed E-state index contributed by atoms with van der Waals surface area (Å²) in [7, 11) is 0. The van der Waals surface area contributed by atoms with Crippen LogP contribution in [0.2, 0.25) is 0 Å². The van der Waals surface area contributed by atoms with Gasteiger partial charge >= 0.3 is 5.97 Å². The summed E-state index contributed by atoms with van der Waals surface area (Å²) in [5.41, 5.74) is 1.57. The lowest BCUT2D eigenvalue weighted by Gasteiger charge is -2.18. The molecule has 0 saturated heterocycles. The summed E-state index contributed by atoms with van der Waals surface area (Å²) in [5.74, 6) is -1.41. The van der Waals surface area contributed by atoms with Crippen LogP contribution in [0.4, 0.5) is 5.69 Å². The standard InChI is InChI=1S/C21H25N3O5S/c1-3-24(4-2)21(28)15-5-7-17(8-6-15)23-18(25)13-29-19(26)9-11-22-20(27)16-10-12-30-14-16/h5-8,10,12,14H,3-4,9,11,13H2,1-2H3,(H,22,27)(H,23,25). The average molecular weight is 432 g/mol. The number of hydrogen-bond donors (Lipinski definition) is 2. The molecule has 0 fully saturated rings. The second kappa shape index (κ2) is 11.7. The molecule has 0 bridgehead atoms. The summed E-state index contributed by atoms with van der Waals surface area (Å²) in [5, 5.41) is 8.72. The number of benzene rings is 1. The van der Waals surface area contributed by atoms with Crippen LogP contribution in [0.3, 0.4) is 0 Å². The van der Waals surface area contributed by atoms with Gasteiger partial charge in [-0.25, -0.2) is 0 Å². The number of rotatable bonds is 10. The van der Waals surface area contributed by atoms with Crippen LogP contribution in [0.15, 0.2) is 41.1 Å². The molecular formula is C21H25N3O5S. The molecule has 0 saturated carbocycles. The predicted molar refractivity (Wildman–Crippen MR) is 115 cm³/mol. The molecule has 0 radical (unpaired) electrons. The Morgan fingerprint density at radius 3 is 2.30 bits per heavy atom. The number of amides is 3. The lowest BCUT2D eigenvalue weighted by molar-refractivity contribution is -0.147. The van der Waals surface area contributed by atoms with Gasteiger partial charge in [0.1, 0.15) is 0 Å². The van der Waals surface area contributed by atoms with Crippen LogP contribution in [-0.4, -0.2) is 54.8 Å². The number of carbonyl (C=O) groups is 4. The molecular weight excluding hydrogens is 406 g/mol. The summed E-state index contributed by atoms with van der Waals surface area (Å²) < 4.78 is 4.91. The Kier molecular flexibility index (Phi) is 9.02. The molecule has 9 heteroatoms. The molecule has 30 heavy (non-hydrogen) atoms. The van der Waals surface area contributed by atoms with E-state index in [4.69, 9.17) is 4.74 Å². The third-order valence-electron chi connectivity index (χ3n) is 4.23. The van der Waals surface area contributed by atoms with Crippen molar-refractivity contribution in [1.82, 2.24) is 10.2 Å². The van der Waals surface area contributed by atoms with E-state index < -0.39 is 18.5 Å². The zero-order chi connectivity index (χ0) is 21.9. The number of carbonyl (C=O) groups excluding carboxylic acids is 4. The normalized spacial score (nSPS) is 10.2. The second-order valence-electron chi connectivity index (χ2n) is 6.28. The summed E-state index contributed by atoms with van der Waals surface area (Å²) in [6.45, 7) is 4.76. The van der Waals surface area contributed by atoms with Crippen molar-refractivity contribution in [3.05, 3.63) is 52.2 Å². The minimum Gasteiger partial charge on any atom is -0.456 e. The van der Waals surface area contributed by atoms with Gasteiger partial charge in [0, 0.05) is 41.8 Å². The summed E-state index contributed by atoms with van der Waals surface area (Å²) in [6, 6.07) is 8.21. The van der Waals surface area contributed by atoms with Crippen LogP contribution >= 0.6 is 11.3 Å². The van der Waals surface area contributed by atoms with E-state index in [1.165, 1.54) is 11.3 Å². The third-order valence-corrected chi connectivity index (χ3v) is 4.91. The van der Waals surface area contributed by atoms with Gasteiger partial charge in [-0.1, -0.05) is 0 Å². The van der Waals surface area contributed by atoms with Gasteiger partial charge in [0.25, 0.3) is 17.7 Å². The van der Waals surface area contributed by atoms with Gasteiger partial charge in [0.05, 0.1) is 6.42 Å². The molecule has 3 amide bonds. The number of thiophene rings is 1. The lowest BCUT2D eigenvalue weighted by atomic mass is 10.2. The van der Waals surface area contributed by atoms with Crippen molar-refractivity contribution < 1.29 is 23.9 Å². The van der Waals surface area contributed by atoms with Gasteiger partial charge in [0.15, 0.2) is 6.61 Å². The van der Waals surface area contributed by atoms with Gasteiger partial charge < -0.3 is 20.3 Å². The van der Waals surface area contributed by atoms with E-state index >= 15 is 0 Å². The topological polar surface area (TPSA) is 105 Å². The maximum atomic E-state index is 12.3. The molecule has 1 heterocycles. The lowest BCUT2D eigenvalue weighted by Crippen LogP contribution is -2.30. The van der Waals surface area contributed by atoms with E-state index in [0.29, 0.717) is 29.9 Å². The first-order valence-corrected chi connectivity index (χ1v) is 10.5. The number of nitrogens with one attached hydrogen (secondary N) is 2. The third kappa shape index (κ3) is 7.00. The van der Waals surface area contributed by atoms with Crippen molar-refractivity contribution in [2.24, 2.45) is 0 Å². The van der Waals surface area contributed by atoms with Crippen LogP contribution in [-0.2, 0) is 14.3 Å². The molecule has 0 spiro atoms. The first kappa shape index (κ1) is 23.1. The van der Waals surface area contributed by atoms with Gasteiger partial charge in [-0.2, -0.15) is 11.3 Å². The quantitative estimate of drug-likeness (QED) is 0.563. The van der Waals surface area contributed by atoms with Crippen molar-refractivity contribution in [3.63, 3.8) is 0 Å². The van der Waals surface area contributed by atoms with Crippen molar-refractivity contribution >= 4 is 40.7 Å². The zero-order valence-electron chi connectivity index (χ0n) is 17.0. The number of nitrogens with zero attached hydrogens (tertiary/aromatic N) is 1. The minimum absolute atomic E-state index is 0.0364. The molecule has 1 aromatic heterocycles. The Balaban J connectivity index is 1.70. The SMILES string of the molecule is CCN(CC)C(=O)c1ccc(NC(=O)COC(=O)CCNC(=O)c2ccsc2)cc1. The van der Waals surface area contributed by atoms with Gasteiger partial charge in [-0.3, -0.25) is 19.2 Å². The molecule has 2 aromatic rings. The Labute approximate surface area is 179 Å². The first-order valence-electron chi connectivity index (χ1n) is 9.59. The molecule has 1 aromatic carbocycles. The highest BCUT2D eigenvalue weighted by atomic mass is 32.1. The van der Waals surface area contributed by atoms with Crippen LogP contribution in [0.1, 0.15) is 41.0 Å². The Morgan fingerprint density at radius 2 is 1.70 bits per heavy atom. The molecule has 0 unspecified atom stereocenters. The predicted octanol–water partition coefficient (Wildman–Crippen LogP) is 2.53. The minimum atomic E-state index is -0.587. The van der Waals surface area contributed by atoms with Gasteiger partial charge in [-0.05, 0) is 49.6 Å². The highest BCUT2D eigenvalue weighted by Gasteiger charge is 2.13. The van der Waals surface area contributed by atoms with Crippen molar-refractivity contribution in [1.29, 1.82) is 0 Å². The Hall–Kier alpha value is -3.20. The van der Waals surface area contributed by atoms with Crippen LogP contribution in [0, 0.1) is 0 Å². The van der Waals surface area contributed by atoms with Crippen LogP contribution in [0.25, 0.3) is 0 Å². The van der Waals surface area contributed by atoms with E-state index in [2.05, 4.69) is 10.6 Å². The number of esters is 1. The molecule has 0 aliphatic heterocycles. The summed E-state index contributed by atoms with van der Waals surface area (Å²) in [6.07, 6.45) is -0.0364. The largest absolute Gasteiger partial charge is 0.456 e. The highest BCUT2D eigenvalue weighted by molar-refractivity contribution is 7.08. The van der Waals surface area contributed by atoms with E-state index in [0.717, 1.165) is 0 Å².